The van der Waals surface area contributed by atoms with Crippen LogP contribution in [0.1, 0.15) is 36.8 Å². The van der Waals surface area contributed by atoms with Crippen LogP contribution in [-0.4, -0.2) is 61.5 Å². The van der Waals surface area contributed by atoms with Crippen LogP contribution in [0.15, 0.2) is 47.4 Å². The van der Waals surface area contributed by atoms with Gasteiger partial charge in [-0.1, -0.05) is 24.3 Å². The number of aryl methyl sites for hydroxylation is 1. The number of piperazine rings is 1. The first kappa shape index (κ1) is 25.0. The molecule has 5 rings (SSSR count). The first-order valence-corrected chi connectivity index (χ1v) is 14.2. The van der Waals surface area contributed by atoms with E-state index in [1.165, 1.54) is 0 Å². The number of fused-ring (bicyclic) bond motifs is 1. The van der Waals surface area contributed by atoms with Gasteiger partial charge in [-0.05, 0) is 61.9 Å². The van der Waals surface area contributed by atoms with E-state index in [2.05, 4.69) is 15.0 Å². The van der Waals surface area contributed by atoms with Crippen molar-refractivity contribution in [3.63, 3.8) is 0 Å². The third kappa shape index (κ3) is 5.20. The Balaban J connectivity index is 1.26. The van der Waals surface area contributed by atoms with Crippen LogP contribution in [0.25, 0.3) is 22.2 Å². The number of aliphatic hydroxyl groups is 1. The minimum Gasteiger partial charge on any atom is -0.392 e. The predicted molar refractivity (Wildman–Crippen MR) is 140 cm³/mol. The normalized spacial score (nSPS) is 21.1. The number of hydrogen-bond donors (Lipinski definition) is 4. The molecule has 0 atom stereocenters. The van der Waals surface area contributed by atoms with E-state index in [-0.39, 0.29) is 29.4 Å². The molecule has 0 unspecified atom stereocenters. The van der Waals surface area contributed by atoms with Gasteiger partial charge in [0, 0.05) is 60.3 Å². The van der Waals surface area contributed by atoms with Crippen LogP contribution in [-0.2, 0) is 21.4 Å². The Kier molecular flexibility index (Phi) is 7.16. The Morgan fingerprint density at radius 2 is 1.81 bits per heavy atom. The summed E-state index contributed by atoms with van der Waals surface area (Å²) in [6.45, 7) is 5.16. The Morgan fingerprint density at radius 1 is 1.06 bits per heavy atom. The number of hydrogen-bond acceptors (Lipinski definition) is 5. The lowest BCUT2D eigenvalue weighted by molar-refractivity contribution is -0.137. The second kappa shape index (κ2) is 10.3. The number of benzene rings is 2. The fourth-order valence-corrected chi connectivity index (χ4v) is 6.76. The van der Waals surface area contributed by atoms with Crippen molar-refractivity contribution in [3.8, 4) is 11.3 Å². The first-order valence-electron chi connectivity index (χ1n) is 12.7. The van der Waals surface area contributed by atoms with Crippen molar-refractivity contribution in [2.24, 2.45) is 5.92 Å². The van der Waals surface area contributed by atoms with Gasteiger partial charge in [0.15, 0.2) is 0 Å². The molecule has 1 aliphatic heterocycles. The lowest BCUT2D eigenvalue weighted by Gasteiger charge is -2.34. The zero-order valence-electron chi connectivity index (χ0n) is 20.6. The van der Waals surface area contributed by atoms with Crippen molar-refractivity contribution in [3.05, 3.63) is 53.6 Å². The molecular formula is C27H34N4O4S. The van der Waals surface area contributed by atoms with Gasteiger partial charge in [0.25, 0.3) is 0 Å². The number of nitrogens with zero attached hydrogens (tertiary/aromatic N) is 1. The van der Waals surface area contributed by atoms with Gasteiger partial charge in [-0.2, -0.15) is 0 Å². The Hall–Kier alpha value is -2.72. The molecule has 1 saturated carbocycles. The Bertz CT molecular complexity index is 1350. The third-order valence-electron chi connectivity index (χ3n) is 7.49. The summed E-state index contributed by atoms with van der Waals surface area (Å²) < 4.78 is 29.2. The van der Waals surface area contributed by atoms with E-state index in [0.717, 1.165) is 59.5 Å². The zero-order valence-corrected chi connectivity index (χ0v) is 21.4. The molecule has 1 saturated heterocycles. The van der Waals surface area contributed by atoms with Gasteiger partial charge < -0.3 is 20.3 Å². The average Bonchev–Trinajstić information content (AvgIpc) is 3.32. The molecule has 192 valence electrons. The molecule has 1 aliphatic carbocycles. The molecule has 0 bridgehead atoms. The summed E-state index contributed by atoms with van der Waals surface area (Å²) in [5, 5.41) is 13.6. The number of nitrogens with one attached hydrogen (secondary N) is 3. The highest BCUT2D eigenvalue weighted by atomic mass is 32.2. The van der Waals surface area contributed by atoms with Crippen LogP contribution in [0.5, 0.6) is 0 Å². The fourth-order valence-electron chi connectivity index (χ4n) is 5.43. The SMILES string of the molecule is Cc1cc(CO)ccc1-c1cc2ccc(S(=O)(=O)N[C@H]3CC[C@H](C(=O)N4CCNCC4)CC3)cc2[nH]1. The highest BCUT2D eigenvalue weighted by molar-refractivity contribution is 7.89. The maximum atomic E-state index is 13.2. The summed E-state index contributed by atoms with van der Waals surface area (Å²) in [6, 6.07) is 12.8. The number of amides is 1. The summed E-state index contributed by atoms with van der Waals surface area (Å²) >= 11 is 0. The molecule has 2 heterocycles. The number of carbonyl (C=O) groups is 1. The molecule has 4 N–H and O–H groups in total. The molecular weight excluding hydrogens is 476 g/mol. The molecule has 9 heteroatoms. The van der Waals surface area contributed by atoms with Crippen molar-refractivity contribution in [1.29, 1.82) is 0 Å². The summed E-state index contributed by atoms with van der Waals surface area (Å²) in [5.74, 6) is 0.208. The van der Waals surface area contributed by atoms with Gasteiger partial charge in [0.1, 0.15) is 0 Å². The molecule has 0 spiro atoms. The molecule has 3 aromatic rings. The average molecular weight is 511 g/mol. The van der Waals surface area contributed by atoms with Gasteiger partial charge in [-0.25, -0.2) is 13.1 Å². The maximum Gasteiger partial charge on any atom is 0.240 e. The summed E-state index contributed by atoms with van der Waals surface area (Å²) in [4.78, 5) is 18.3. The minimum atomic E-state index is -3.68. The molecule has 0 radical (unpaired) electrons. The second-order valence-corrected chi connectivity index (χ2v) is 11.7. The lowest BCUT2D eigenvalue weighted by Crippen LogP contribution is -2.49. The summed E-state index contributed by atoms with van der Waals surface area (Å²) in [5.41, 5.74) is 4.56. The molecule has 36 heavy (non-hydrogen) atoms. The van der Waals surface area contributed by atoms with Crippen LogP contribution >= 0.6 is 0 Å². The number of carbonyl (C=O) groups excluding carboxylic acids is 1. The first-order chi connectivity index (χ1) is 17.3. The quantitative estimate of drug-likeness (QED) is 0.407. The maximum absolute atomic E-state index is 13.2. The van der Waals surface area contributed by atoms with Gasteiger partial charge in [-0.3, -0.25) is 4.79 Å². The Morgan fingerprint density at radius 3 is 2.50 bits per heavy atom. The monoisotopic (exact) mass is 510 g/mol. The number of aromatic amines is 1. The van der Waals surface area contributed by atoms with Gasteiger partial charge in [0.2, 0.25) is 15.9 Å². The second-order valence-electron chi connectivity index (χ2n) is 9.98. The number of H-pyrrole nitrogens is 1. The van der Waals surface area contributed by atoms with Gasteiger partial charge in [0.05, 0.1) is 11.5 Å². The highest BCUT2D eigenvalue weighted by Crippen LogP contribution is 2.30. The predicted octanol–water partition coefficient (Wildman–Crippen LogP) is 2.90. The minimum absolute atomic E-state index is 0.00381. The lowest BCUT2D eigenvalue weighted by atomic mass is 9.85. The van der Waals surface area contributed by atoms with E-state index in [1.54, 1.807) is 12.1 Å². The van der Waals surface area contributed by atoms with Crippen LogP contribution in [0, 0.1) is 12.8 Å². The number of sulfonamides is 1. The zero-order chi connectivity index (χ0) is 25.3. The molecule has 8 nitrogen and oxygen atoms in total. The molecule has 1 aromatic heterocycles. The van der Waals surface area contributed by atoms with Crippen LogP contribution in [0.4, 0.5) is 0 Å². The van der Waals surface area contributed by atoms with Gasteiger partial charge >= 0.3 is 0 Å². The number of rotatable bonds is 6. The third-order valence-corrected chi connectivity index (χ3v) is 9.01. The van der Waals surface area contributed by atoms with Crippen molar-refractivity contribution in [1.82, 2.24) is 19.9 Å². The van der Waals surface area contributed by atoms with Crippen LogP contribution in [0.3, 0.4) is 0 Å². The standard InChI is InChI=1S/C27H34N4O4S/c1-18-14-19(17-32)2-9-24(18)26-15-21-5-8-23(16-25(21)29-26)36(34,35)30-22-6-3-20(4-7-22)27(33)31-12-10-28-11-13-31/h2,5,8-9,14-16,20,22,28-30,32H,3-4,6-7,10-13,17H2,1H3/t20-,22-. The largest absolute Gasteiger partial charge is 0.392 e. The van der Waals surface area contributed by atoms with E-state index in [4.69, 9.17) is 0 Å². The summed E-state index contributed by atoms with van der Waals surface area (Å²) in [7, 11) is -3.68. The van der Waals surface area contributed by atoms with Gasteiger partial charge in [-0.15, -0.1) is 0 Å². The Labute approximate surface area is 212 Å². The van der Waals surface area contributed by atoms with Crippen molar-refractivity contribution >= 4 is 26.8 Å². The topological polar surface area (TPSA) is 115 Å². The molecule has 2 fully saturated rings. The highest BCUT2D eigenvalue weighted by Gasteiger charge is 2.32. The van der Waals surface area contributed by atoms with E-state index in [9.17, 15) is 18.3 Å². The van der Waals surface area contributed by atoms with E-state index >= 15 is 0 Å². The van der Waals surface area contributed by atoms with Crippen molar-refractivity contribution in [2.45, 2.75) is 50.2 Å². The van der Waals surface area contributed by atoms with Crippen LogP contribution < -0.4 is 10.0 Å². The fraction of sp³-hybridized carbons (Fsp3) is 0.444. The number of aliphatic hydroxyl groups excluding tert-OH is 1. The number of aromatic nitrogens is 1. The molecule has 2 aromatic carbocycles. The molecule has 1 amide bonds. The molecule has 2 aliphatic rings. The van der Waals surface area contributed by atoms with E-state index in [0.29, 0.717) is 25.7 Å². The smallest absolute Gasteiger partial charge is 0.240 e. The van der Waals surface area contributed by atoms with E-state index in [1.807, 2.05) is 42.2 Å². The van der Waals surface area contributed by atoms with Crippen molar-refractivity contribution < 1.29 is 18.3 Å². The van der Waals surface area contributed by atoms with E-state index < -0.39 is 10.0 Å². The van der Waals surface area contributed by atoms with Crippen LogP contribution in [0.2, 0.25) is 0 Å². The van der Waals surface area contributed by atoms with Crippen molar-refractivity contribution in [2.75, 3.05) is 26.2 Å². The summed E-state index contributed by atoms with van der Waals surface area (Å²) in [6.07, 6.45) is 2.76.